The molecule has 0 bridgehead atoms. The fraction of sp³-hybridized carbons (Fsp3) is 0.300. The van der Waals surface area contributed by atoms with E-state index in [4.69, 9.17) is 14.6 Å². The van der Waals surface area contributed by atoms with Crippen LogP contribution in [0.15, 0.2) is 18.2 Å². The third kappa shape index (κ3) is 2.47. The second-order valence-electron chi connectivity index (χ2n) is 2.75. The largest absolute Gasteiger partial charge is 0.493 e. The van der Waals surface area contributed by atoms with Crippen LogP contribution in [0.1, 0.15) is 17.3 Å². The third-order valence-corrected chi connectivity index (χ3v) is 1.62. The summed E-state index contributed by atoms with van der Waals surface area (Å²) in [5.41, 5.74) is 0.500. The molecule has 1 aromatic rings. The molecule has 1 rings (SSSR count). The van der Waals surface area contributed by atoms with E-state index in [1.807, 2.05) is 0 Å². The number of carbonyl (C=O) groups excluding carboxylic acids is 1. The molecule has 1 unspecified atom stereocenters. The first-order chi connectivity index (χ1) is 6.67. The SMILES string of the molecule is COc1cc(C=O)ccc1OC(C)O. The number of hydrogen-bond donors (Lipinski definition) is 1. The highest BCUT2D eigenvalue weighted by Crippen LogP contribution is 2.28. The highest BCUT2D eigenvalue weighted by molar-refractivity contribution is 5.76. The molecule has 0 saturated heterocycles. The Morgan fingerprint density at radius 1 is 1.43 bits per heavy atom. The summed E-state index contributed by atoms with van der Waals surface area (Å²) in [6.07, 6.45) is -0.194. The summed E-state index contributed by atoms with van der Waals surface area (Å²) in [5.74, 6) is 0.837. The Kier molecular flexibility index (Phi) is 3.48. The van der Waals surface area contributed by atoms with E-state index in [2.05, 4.69) is 0 Å². The molecular formula is C10H12O4. The molecule has 0 aliphatic carbocycles. The van der Waals surface area contributed by atoms with Gasteiger partial charge in [0.05, 0.1) is 7.11 Å². The average molecular weight is 196 g/mol. The van der Waals surface area contributed by atoms with E-state index < -0.39 is 6.29 Å². The van der Waals surface area contributed by atoms with Crippen LogP contribution in [0.25, 0.3) is 0 Å². The van der Waals surface area contributed by atoms with Crippen molar-refractivity contribution >= 4 is 6.29 Å². The number of carbonyl (C=O) groups is 1. The van der Waals surface area contributed by atoms with E-state index in [1.165, 1.54) is 14.0 Å². The van der Waals surface area contributed by atoms with Gasteiger partial charge in [-0.25, -0.2) is 0 Å². The molecule has 1 N–H and O–H groups in total. The number of aliphatic hydroxyl groups is 1. The van der Waals surface area contributed by atoms with Gasteiger partial charge in [-0.1, -0.05) is 0 Å². The minimum Gasteiger partial charge on any atom is -0.493 e. The molecular weight excluding hydrogens is 184 g/mol. The summed E-state index contributed by atoms with van der Waals surface area (Å²) in [5, 5.41) is 9.00. The van der Waals surface area contributed by atoms with Crippen molar-refractivity contribution in [2.24, 2.45) is 0 Å². The van der Waals surface area contributed by atoms with Crippen LogP contribution in [0.2, 0.25) is 0 Å². The van der Waals surface area contributed by atoms with Crippen LogP contribution >= 0.6 is 0 Å². The second-order valence-corrected chi connectivity index (χ2v) is 2.75. The Hall–Kier alpha value is -1.55. The van der Waals surface area contributed by atoms with Crippen LogP contribution in [0.4, 0.5) is 0 Å². The summed E-state index contributed by atoms with van der Waals surface area (Å²) >= 11 is 0. The van der Waals surface area contributed by atoms with Gasteiger partial charge in [0.25, 0.3) is 0 Å². The first-order valence-corrected chi connectivity index (χ1v) is 4.15. The molecule has 1 atom stereocenters. The molecule has 0 aliphatic rings. The molecule has 0 heterocycles. The lowest BCUT2D eigenvalue weighted by Gasteiger charge is -2.12. The number of ether oxygens (including phenoxy) is 2. The third-order valence-electron chi connectivity index (χ3n) is 1.62. The van der Waals surface area contributed by atoms with Crippen LogP contribution < -0.4 is 9.47 Å². The van der Waals surface area contributed by atoms with Gasteiger partial charge in [-0.15, -0.1) is 0 Å². The predicted molar refractivity (Wildman–Crippen MR) is 50.7 cm³/mol. The fourth-order valence-electron chi connectivity index (χ4n) is 1.04. The lowest BCUT2D eigenvalue weighted by atomic mass is 10.2. The van der Waals surface area contributed by atoms with Gasteiger partial charge in [-0.05, 0) is 25.1 Å². The van der Waals surface area contributed by atoms with Crippen LogP contribution in [0.3, 0.4) is 0 Å². The Labute approximate surface area is 82.1 Å². The van der Waals surface area contributed by atoms with Crippen molar-refractivity contribution in [1.29, 1.82) is 0 Å². The van der Waals surface area contributed by atoms with Crippen molar-refractivity contribution in [3.05, 3.63) is 23.8 Å². The molecule has 14 heavy (non-hydrogen) atoms. The second kappa shape index (κ2) is 4.62. The number of aliphatic hydroxyl groups excluding tert-OH is 1. The van der Waals surface area contributed by atoms with Gasteiger partial charge < -0.3 is 14.6 Å². The number of hydrogen-bond acceptors (Lipinski definition) is 4. The maximum atomic E-state index is 10.5. The summed E-state index contributed by atoms with van der Waals surface area (Å²) < 4.78 is 10.0. The van der Waals surface area contributed by atoms with E-state index in [9.17, 15) is 4.79 Å². The van der Waals surface area contributed by atoms with Crippen LogP contribution in [0, 0.1) is 0 Å². The minimum atomic E-state index is -0.911. The predicted octanol–water partition coefficient (Wildman–Crippen LogP) is 1.22. The van der Waals surface area contributed by atoms with Crippen molar-refractivity contribution in [3.63, 3.8) is 0 Å². The maximum absolute atomic E-state index is 10.5. The Morgan fingerprint density at radius 3 is 2.64 bits per heavy atom. The number of methoxy groups -OCH3 is 1. The van der Waals surface area contributed by atoms with Crippen LogP contribution in [0.5, 0.6) is 11.5 Å². The molecule has 0 aromatic heterocycles. The van der Waals surface area contributed by atoms with E-state index in [0.29, 0.717) is 23.3 Å². The van der Waals surface area contributed by atoms with Gasteiger partial charge in [-0.2, -0.15) is 0 Å². The van der Waals surface area contributed by atoms with Gasteiger partial charge in [0.2, 0.25) is 0 Å². The molecule has 0 fully saturated rings. The van der Waals surface area contributed by atoms with Crippen LogP contribution in [-0.4, -0.2) is 24.8 Å². The summed E-state index contributed by atoms with van der Waals surface area (Å²) in [7, 11) is 1.47. The lowest BCUT2D eigenvalue weighted by Crippen LogP contribution is -2.10. The molecule has 1 aromatic carbocycles. The quantitative estimate of drug-likeness (QED) is 0.581. The summed E-state index contributed by atoms with van der Waals surface area (Å²) in [6, 6.07) is 4.72. The topological polar surface area (TPSA) is 55.8 Å². The monoisotopic (exact) mass is 196 g/mol. The average Bonchev–Trinajstić information content (AvgIpc) is 2.17. The highest BCUT2D eigenvalue weighted by atomic mass is 16.6. The van der Waals surface area contributed by atoms with E-state index in [0.717, 1.165) is 0 Å². The Balaban J connectivity index is 2.98. The number of benzene rings is 1. The van der Waals surface area contributed by atoms with Crippen molar-refractivity contribution in [2.45, 2.75) is 13.2 Å². The molecule has 4 nitrogen and oxygen atoms in total. The Morgan fingerprint density at radius 2 is 2.14 bits per heavy atom. The van der Waals surface area contributed by atoms with E-state index in [1.54, 1.807) is 18.2 Å². The normalized spacial score (nSPS) is 11.9. The van der Waals surface area contributed by atoms with Crippen molar-refractivity contribution in [1.82, 2.24) is 0 Å². The van der Waals surface area contributed by atoms with Crippen molar-refractivity contribution in [2.75, 3.05) is 7.11 Å². The van der Waals surface area contributed by atoms with E-state index >= 15 is 0 Å². The lowest BCUT2D eigenvalue weighted by molar-refractivity contribution is -0.00205. The Bertz CT molecular complexity index is 320. The molecule has 4 heteroatoms. The molecule has 0 spiro atoms. The molecule has 0 saturated carbocycles. The van der Waals surface area contributed by atoms with Gasteiger partial charge in [0, 0.05) is 5.56 Å². The molecule has 0 amide bonds. The van der Waals surface area contributed by atoms with E-state index in [-0.39, 0.29) is 0 Å². The van der Waals surface area contributed by atoms with Gasteiger partial charge in [0.15, 0.2) is 17.8 Å². The zero-order valence-corrected chi connectivity index (χ0v) is 8.06. The molecule has 0 aliphatic heterocycles. The molecule has 76 valence electrons. The number of aldehydes is 1. The summed E-state index contributed by atoms with van der Waals surface area (Å²) in [4.78, 5) is 10.5. The smallest absolute Gasteiger partial charge is 0.194 e. The summed E-state index contributed by atoms with van der Waals surface area (Å²) in [6.45, 7) is 1.49. The zero-order valence-electron chi connectivity index (χ0n) is 8.06. The fourth-order valence-corrected chi connectivity index (χ4v) is 1.04. The maximum Gasteiger partial charge on any atom is 0.194 e. The zero-order chi connectivity index (χ0) is 10.6. The first kappa shape index (κ1) is 10.5. The van der Waals surface area contributed by atoms with Crippen LogP contribution in [-0.2, 0) is 0 Å². The molecule has 0 radical (unpaired) electrons. The van der Waals surface area contributed by atoms with Gasteiger partial charge in [0.1, 0.15) is 6.29 Å². The standard InChI is InChI=1S/C10H12O4/c1-7(12)14-9-4-3-8(6-11)5-10(9)13-2/h3-7,12H,1-2H3. The van der Waals surface area contributed by atoms with Crippen molar-refractivity contribution < 1.29 is 19.4 Å². The first-order valence-electron chi connectivity index (χ1n) is 4.15. The van der Waals surface area contributed by atoms with Gasteiger partial charge >= 0.3 is 0 Å². The number of rotatable bonds is 4. The van der Waals surface area contributed by atoms with Gasteiger partial charge in [-0.3, -0.25) is 4.79 Å². The highest BCUT2D eigenvalue weighted by Gasteiger charge is 2.07. The van der Waals surface area contributed by atoms with Crippen molar-refractivity contribution in [3.8, 4) is 11.5 Å². The minimum absolute atomic E-state index is 0.410.